The normalized spacial score (nSPS) is 21.1. The third-order valence-corrected chi connectivity index (χ3v) is 8.16. The summed E-state index contributed by atoms with van der Waals surface area (Å²) < 4.78 is 6.56. The largest absolute Gasteiger partial charge is 0.463 e. The standard InChI is InChI=1S/C25H27NO3S2/c1-5-29-24(28)21-15(3)26-19-12-17(16-9-7-6-8-10-16)13-20(27)23(19)22(21)18-11-14(2)31-25(18)30-4/h6-11,17,22,26H,5,12-13H2,1-4H3/t17-,22+/m0/s1. The molecule has 1 aliphatic heterocycles. The number of esters is 1. The van der Waals surface area contributed by atoms with Crippen molar-refractivity contribution >= 4 is 34.9 Å². The minimum atomic E-state index is -0.382. The number of hydrogen-bond acceptors (Lipinski definition) is 6. The van der Waals surface area contributed by atoms with Gasteiger partial charge in [-0.2, -0.15) is 0 Å². The molecule has 0 bridgehead atoms. The van der Waals surface area contributed by atoms with Gasteiger partial charge in [-0.25, -0.2) is 4.79 Å². The summed E-state index contributed by atoms with van der Waals surface area (Å²) in [7, 11) is 0. The Hall–Kier alpha value is -2.31. The molecule has 2 heterocycles. The average molecular weight is 454 g/mol. The van der Waals surface area contributed by atoms with Crippen LogP contribution < -0.4 is 5.32 Å². The topological polar surface area (TPSA) is 55.4 Å². The van der Waals surface area contributed by atoms with E-state index in [0.29, 0.717) is 18.6 Å². The summed E-state index contributed by atoms with van der Waals surface area (Å²) >= 11 is 3.37. The van der Waals surface area contributed by atoms with E-state index in [0.717, 1.165) is 33.2 Å². The van der Waals surface area contributed by atoms with E-state index in [2.05, 4.69) is 30.4 Å². The maximum Gasteiger partial charge on any atom is 0.336 e. The summed E-state index contributed by atoms with van der Waals surface area (Å²) in [6, 6.07) is 12.3. The number of aryl methyl sites for hydroxylation is 1. The molecule has 1 aromatic heterocycles. The molecular formula is C25H27NO3S2. The molecule has 1 aliphatic carbocycles. The number of carbonyl (C=O) groups excluding carboxylic acids is 2. The van der Waals surface area contributed by atoms with Crippen molar-refractivity contribution in [3.63, 3.8) is 0 Å². The fraction of sp³-hybridized carbons (Fsp3) is 0.360. The number of hydrogen-bond donors (Lipinski definition) is 1. The van der Waals surface area contributed by atoms with Crippen molar-refractivity contribution < 1.29 is 14.3 Å². The Morgan fingerprint density at radius 2 is 1.97 bits per heavy atom. The van der Waals surface area contributed by atoms with E-state index in [1.807, 2.05) is 38.3 Å². The number of allylic oxidation sites excluding steroid dienone is 3. The number of dihydropyridines is 1. The number of ketones is 1. The molecule has 0 fully saturated rings. The summed E-state index contributed by atoms with van der Waals surface area (Å²) in [5, 5.41) is 3.42. The monoisotopic (exact) mass is 453 g/mol. The first-order chi connectivity index (χ1) is 14.9. The fourth-order valence-electron chi connectivity index (χ4n) is 4.66. The molecule has 2 aromatic rings. The van der Waals surface area contributed by atoms with Crippen LogP contribution in [0.25, 0.3) is 0 Å². The van der Waals surface area contributed by atoms with Crippen molar-refractivity contribution in [3.05, 3.63) is 74.9 Å². The molecule has 31 heavy (non-hydrogen) atoms. The number of ether oxygens (including phenoxy) is 1. The quantitative estimate of drug-likeness (QED) is 0.465. The van der Waals surface area contributed by atoms with Crippen molar-refractivity contribution in [2.75, 3.05) is 12.9 Å². The molecule has 2 aliphatic rings. The fourth-order valence-corrected chi connectivity index (χ4v) is 6.58. The lowest BCUT2D eigenvalue weighted by atomic mass is 9.72. The third-order valence-electron chi connectivity index (χ3n) is 5.94. The summed E-state index contributed by atoms with van der Waals surface area (Å²) in [4.78, 5) is 27.7. The van der Waals surface area contributed by atoms with Gasteiger partial charge in [-0.3, -0.25) is 4.79 Å². The van der Waals surface area contributed by atoms with Gasteiger partial charge in [0.25, 0.3) is 0 Å². The van der Waals surface area contributed by atoms with Gasteiger partial charge in [0.2, 0.25) is 0 Å². The maximum absolute atomic E-state index is 13.6. The highest BCUT2D eigenvalue weighted by molar-refractivity contribution is 8.00. The van der Waals surface area contributed by atoms with Crippen LogP contribution in [0.4, 0.5) is 0 Å². The van der Waals surface area contributed by atoms with Crippen LogP contribution in [-0.2, 0) is 14.3 Å². The van der Waals surface area contributed by atoms with Gasteiger partial charge in [0.1, 0.15) is 0 Å². The molecule has 1 N–H and O–H groups in total. The number of Topliss-reactive ketones (excluding diaryl/α,β-unsaturated/α-hetero) is 1. The number of nitrogens with one attached hydrogen (secondary N) is 1. The van der Waals surface area contributed by atoms with Gasteiger partial charge < -0.3 is 10.1 Å². The van der Waals surface area contributed by atoms with Crippen molar-refractivity contribution in [2.24, 2.45) is 0 Å². The average Bonchev–Trinajstić information content (AvgIpc) is 3.13. The van der Waals surface area contributed by atoms with E-state index in [1.54, 1.807) is 23.1 Å². The van der Waals surface area contributed by atoms with Crippen LogP contribution in [0.15, 0.2) is 63.1 Å². The highest BCUT2D eigenvalue weighted by Crippen LogP contribution is 2.49. The lowest BCUT2D eigenvalue weighted by molar-refractivity contribution is -0.138. The lowest BCUT2D eigenvalue weighted by Crippen LogP contribution is -2.36. The molecule has 2 atom stereocenters. The van der Waals surface area contributed by atoms with Crippen LogP contribution >= 0.6 is 23.1 Å². The predicted octanol–water partition coefficient (Wildman–Crippen LogP) is 5.70. The Morgan fingerprint density at radius 3 is 2.65 bits per heavy atom. The minimum Gasteiger partial charge on any atom is -0.463 e. The molecule has 6 heteroatoms. The van der Waals surface area contributed by atoms with Gasteiger partial charge in [-0.1, -0.05) is 30.3 Å². The Balaban J connectivity index is 1.84. The molecule has 0 saturated carbocycles. The van der Waals surface area contributed by atoms with Crippen LogP contribution in [0.1, 0.15) is 54.5 Å². The zero-order chi connectivity index (χ0) is 22.1. The number of thiophene rings is 1. The molecule has 0 saturated heterocycles. The molecule has 0 unspecified atom stereocenters. The molecule has 0 spiro atoms. The predicted molar refractivity (Wildman–Crippen MR) is 126 cm³/mol. The molecule has 162 valence electrons. The van der Waals surface area contributed by atoms with E-state index in [9.17, 15) is 9.59 Å². The van der Waals surface area contributed by atoms with Gasteiger partial charge in [-0.15, -0.1) is 23.1 Å². The number of thioether (sulfide) groups is 1. The van der Waals surface area contributed by atoms with Crippen LogP contribution in [0, 0.1) is 6.92 Å². The van der Waals surface area contributed by atoms with Crippen LogP contribution in [-0.4, -0.2) is 24.6 Å². The molecular weight excluding hydrogens is 426 g/mol. The zero-order valence-electron chi connectivity index (χ0n) is 18.3. The molecule has 0 radical (unpaired) electrons. The van der Waals surface area contributed by atoms with Gasteiger partial charge in [0, 0.05) is 28.3 Å². The number of benzene rings is 1. The summed E-state index contributed by atoms with van der Waals surface area (Å²) in [6.07, 6.45) is 3.25. The van der Waals surface area contributed by atoms with Crippen molar-refractivity contribution in [2.45, 2.75) is 49.7 Å². The highest BCUT2D eigenvalue weighted by Gasteiger charge is 2.42. The third kappa shape index (κ3) is 4.11. The minimum absolute atomic E-state index is 0.109. The van der Waals surface area contributed by atoms with E-state index in [1.165, 1.54) is 10.4 Å². The second-order valence-electron chi connectivity index (χ2n) is 7.95. The molecule has 4 nitrogen and oxygen atoms in total. The Bertz CT molecular complexity index is 1080. The number of rotatable bonds is 5. The van der Waals surface area contributed by atoms with Gasteiger partial charge in [0.05, 0.1) is 22.3 Å². The molecule has 0 amide bonds. The van der Waals surface area contributed by atoms with Crippen LogP contribution in [0.2, 0.25) is 0 Å². The van der Waals surface area contributed by atoms with Crippen LogP contribution in [0.5, 0.6) is 0 Å². The SMILES string of the molecule is CCOC(=O)C1=C(C)NC2=C(C(=O)C[C@@H](c3ccccc3)C2)[C@@H]1c1cc(C)sc1SC. The summed E-state index contributed by atoms with van der Waals surface area (Å²) in [5.41, 5.74) is 5.22. The second kappa shape index (κ2) is 9.05. The van der Waals surface area contributed by atoms with E-state index >= 15 is 0 Å². The first kappa shape index (κ1) is 21.9. The second-order valence-corrected chi connectivity index (χ2v) is 10.3. The van der Waals surface area contributed by atoms with E-state index in [4.69, 9.17) is 4.74 Å². The molecule has 4 rings (SSSR count). The van der Waals surface area contributed by atoms with Gasteiger partial charge >= 0.3 is 5.97 Å². The molecule has 1 aromatic carbocycles. The maximum atomic E-state index is 13.6. The Morgan fingerprint density at radius 1 is 1.23 bits per heavy atom. The summed E-state index contributed by atoms with van der Waals surface area (Å²) in [6.45, 7) is 6.09. The van der Waals surface area contributed by atoms with Crippen molar-refractivity contribution in [1.29, 1.82) is 0 Å². The van der Waals surface area contributed by atoms with Gasteiger partial charge in [0.15, 0.2) is 5.78 Å². The van der Waals surface area contributed by atoms with Crippen molar-refractivity contribution in [3.8, 4) is 0 Å². The first-order valence-corrected chi connectivity index (χ1v) is 12.6. The smallest absolute Gasteiger partial charge is 0.336 e. The zero-order valence-corrected chi connectivity index (χ0v) is 19.9. The van der Waals surface area contributed by atoms with E-state index in [-0.39, 0.29) is 23.6 Å². The Kier molecular flexibility index (Phi) is 6.39. The number of carbonyl (C=O) groups is 2. The van der Waals surface area contributed by atoms with Gasteiger partial charge in [-0.05, 0) is 56.6 Å². The lowest BCUT2D eigenvalue weighted by Gasteiger charge is -2.36. The van der Waals surface area contributed by atoms with Crippen molar-refractivity contribution in [1.82, 2.24) is 5.32 Å². The first-order valence-electron chi connectivity index (χ1n) is 10.5. The van der Waals surface area contributed by atoms with E-state index < -0.39 is 0 Å². The summed E-state index contributed by atoms with van der Waals surface area (Å²) in [5.74, 6) is -0.482. The highest BCUT2D eigenvalue weighted by atomic mass is 32.2. The van der Waals surface area contributed by atoms with Crippen LogP contribution in [0.3, 0.4) is 0 Å². The Labute approximate surface area is 191 Å².